The smallest absolute Gasteiger partial charge is 0.395 e. The van der Waals surface area contributed by atoms with Gasteiger partial charge in [-0.25, -0.2) is 21.6 Å². The van der Waals surface area contributed by atoms with Gasteiger partial charge < -0.3 is 20.3 Å². The molecule has 3 aromatic rings. The van der Waals surface area contributed by atoms with Gasteiger partial charge in [0.15, 0.2) is 16.2 Å². The lowest BCUT2D eigenvalue weighted by Crippen LogP contribution is -2.59. The molecule has 0 aromatic heterocycles. The van der Waals surface area contributed by atoms with E-state index in [2.05, 4.69) is 10.1 Å². The molecule has 0 saturated carbocycles. The van der Waals surface area contributed by atoms with E-state index in [1.807, 2.05) is 0 Å². The number of benzene rings is 3. The van der Waals surface area contributed by atoms with E-state index >= 15 is 0 Å². The lowest BCUT2D eigenvalue weighted by Gasteiger charge is -2.40. The summed E-state index contributed by atoms with van der Waals surface area (Å²) in [6.45, 7) is -1.74. The Morgan fingerprint density at radius 2 is 1.48 bits per heavy atom. The molecule has 2 aliphatic rings. The molecule has 0 radical (unpaired) electrons. The maximum atomic E-state index is 14.5. The van der Waals surface area contributed by atoms with Crippen LogP contribution >= 0.6 is 0 Å². The zero-order chi connectivity index (χ0) is 36.7. The molecule has 2 heterocycles. The first-order valence-corrected chi connectivity index (χ1v) is 16.7. The number of hydrogen-bond acceptors (Lipinski definition) is 8. The molecule has 3 atom stereocenters. The van der Waals surface area contributed by atoms with Crippen LogP contribution in [-0.2, 0) is 31.5 Å². The molecule has 3 N–H and O–H groups in total. The van der Waals surface area contributed by atoms with Crippen molar-refractivity contribution < 1.29 is 62.9 Å². The maximum Gasteiger partial charge on any atom is 0.430 e. The van der Waals surface area contributed by atoms with Crippen LogP contribution in [0.15, 0.2) is 71.6 Å². The fourth-order valence-electron chi connectivity index (χ4n) is 6.47. The molecule has 0 aliphatic carbocycles. The Bertz CT molecular complexity index is 1720. The minimum Gasteiger partial charge on any atom is -0.395 e. The van der Waals surface area contributed by atoms with Gasteiger partial charge in [0.1, 0.15) is 22.2 Å². The molecule has 50 heavy (non-hydrogen) atoms. The van der Waals surface area contributed by atoms with Crippen molar-refractivity contribution >= 4 is 9.84 Å². The lowest BCUT2D eigenvalue weighted by atomic mass is 9.88. The molecule has 2 aliphatic heterocycles. The number of alkyl halides is 6. The molecule has 18 heteroatoms. The molecule has 1 unspecified atom stereocenters. The van der Waals surface area contributed by atoms with Crippen molar-refractivity contribution in [2.24, 2.45) is 0 Å². The van der Waals surface area contributed by atoms with Crippen molar-refractivity contribution in [3.8, 4) is 0 Å². The summed E-state index contributed by atoms with van der Waals surface area (Å²) >= 11 is 0. The molecule has 5 rings (SSSR count). The van der Waals surface area contributed by atoms with E-state index in [1.165, 1.54) is 4.90 Å². The Hall–Kier alpha value is -3.26. The van der Waals surface area contributed by atoms with Crippen LogP contribution < -0.4 is 5.32 Å². The van der Waals surface area contributed by atoms with Crippen molar-refractivity contribution in [3.05, 3.63) is 101 Å². The fraction of sp³-hybridized carbons (Fsp3) is 0.438. The van der Waals surface area contributed by atoms with Gasteiger partial charge in [-0.15, -0.1) is 0 Å². The van der Waals surface area contributed by atoms with E-state index < -0.39 is 91.6 Å². The molecule has 0 bridgehead atoms. The number of nitrogens with zero attached hydrogens (tertiary/aromatic N) is 2. The molecule has 3 aromatic carbocycles. The van der Waals surface area contributed by atoms with Crippen LogP contribution in [0.1, 0.15) is 23.1 Å². The largest absolute Gasteiger partial charge is 0.430 e. The van der Waals surface area contributed by atoms with Crippen molar-refractivity contribution in [2.75, 3.05) is 39.3 Å². The second-order valence-electron chi connectivity index (χ2n) is 12.1. The highest BCUT2D eigenvalue weighted by Gasteiger charge is 2.73. The van der Waals surface area contributed by atoms with E-state index in [-0.39, 0.29) is 31.7 Å². The number of aliphatic hydroxyl groups excluding tert-OH is 2. The van der Waals surface area contributed by atoms with Crippen LogP contribution in [0.25, 0.3) is 0 Å². The molecule has 2 fully saturated rings. The Morgan fingerprint density at radius 3 is 2.04 bits per heavy atom. The first-order chi connectivity index (χ1) is 23.4. The number of piperazine rings is 1. The molecule has 8 nitrogen and oxygen atoms in total. The topological polar surface area (TPSA) is 102 Å². The quantitative estimate of drug-likeness (QED) is 0.206. The standard InChI is InChI=1S/C32H32F9N3O5S/c33-22-8-10-24(11-9-22)50(47,48)29(12-14-44(19-29)28(46)43-15-13-42-23(16-43)17-45)20-4-6-21(7-5-20)30(31(36,37)38,32(39,40)41)49-18-25-26(34)2-1-3-27(25)35/h1-11,23,28,42,45-46H,12-19H2/t23-,28?,29-/m0/s1. The molecule has 2 saturated heterocycles. The summed E-state index contributed by atoms with van der Waals surface area (Å²) in [6.07, 6.45) is -14.1. The summed E-state index contributed by atoms with van der Waals surface area (Å²) < 4.78 is 160. The van der Waals surface area contributed by atoms with Gasteiger partial charge in [-0.3, -0.25) is 9.80 Å². The van der Waals surface area contributed by atoms with Gasteiger partial charge in [0.2, 0.25) is 0 Å². The minimum atomic E-state index is -6.23. The van der Waals surface area contributed by atoms with Gasteiger partial charge in [0.25, 0.3) is 5.60 Å². The third-order valence-corrected chi connectivity index (χ3v) is 11.7. The van der Waals surface area contributed by atoms with Gasteiger partial charge in [-0.05, 0) is 48.4 Å². The highest BCUT2D eigenvalue weighted by atomic mass is 32.2. The Morgan fingerprint density at radius 1 is 0.880 bits per heavy atom. The van der Waals surface area contributed by atoms with Crippen molar-refractivity contribution in [2.45, 2.75) is 53.0 Å². The van der Waals surface area contributed by atoms with Gasteiger partial charge in [0.05, 0.1) is 18.1 Å². The third-order valence-electron chi connectivity index (χ3n) is 9.17. The van der Waals surface area contributed by atoms with Crippen molar-refractivity contribution in [3.63, 3.8) is 0 Å². The van der Waals surface area contributed by atoms with Crippen LogP contribution in [0.5, 0.6) is 0 Å². The van der Waals surface area contributed by atoms with Gasteiger partial charge in [0, 0.05) is 49.9 Å². The SMILES string of the molecule is O=S(=O)(c1ccc(F)cc1)[C@@]1(c2ccc(C(OCc3c(F)cccc3F)(C(F)(F)F)C(F)(F)F)cc2)CCN(C(O)N2CCN[C@H](CO)C2)C1. The van der Waals surface area contributed by atoms with Gasteiger partial charge in [-0.2, -0.15) is 26.3 Å². The second-order valence-corrected chi connectivity index (χ2v) is 14.3. The average Bonchev–Trinajstić information content (AvgIpc) is 3.52. The number of sulfone groups is 1. The summed E-state index contributed by atoms with van der Waals surface area (Å²) in [6, 6.07) is 7.71. The zero-order valence-corrected chi connectivity index (χ0v) is 26.8. The molecular formula is C32H32F9N3O5S. The number of aliphatic hydroxyl groups is 2. The Kier molecular flexibility index (Phi) is 10.7. The fourth-order valence-corrected chi connectivity index (χ4v) is 8.55. The molecule has 0 spiro atoms. The predicted octanol–water partition coefficient (Wildman–Crippen LogP) is 4.56. The Labute approximate surface area is 281 Å². The maximum absolute atomic E-state index is 14.5. The van der Waals surface area contributed by atoms with E-state index in [0.717, 1.165) is 42.5 Å². The minimum absolute atomic E-state index is 0.0938. The highest BCUT2D eigenvalue weighted by molar-refractivity contribution is 7.92. The number of hydrogen-bond donors (Lipinski definition) is 3. The molecule has 0 amide bonds. The molecular weight excluding hydrogens is 709 g/mol. The normalized spacial score (nSPS) is 22.2. The van der Waals surface area contributed by atoms with Crippen LogP contribution in [0.3, 0.4) is 0 Å². The lowest BCUT2D eigenvalue weighted by molar-refractivity contribution is -0.392. The monoisotopic (exact) mass is 741 g/mol. The summed E-state index contributed by atoms with van der Waals surface area (Å²) in [5.41, 5.74) is -8.06. The number of nitrogens with one attached hydrogen (secondary N) is 1. The van der Waals surface area contributed by atoms with E-state index in [9.17, 15) is 58.1 Å². The van der Waals surface area contributed by atoms with E-state index in [1.54, 1.807) is 4.90 Å². The van der Waals surface area contributed by atoms with Crippen LogP contribution in [0, 0.1) is 17.5 Å². The van der Waals surface area contributed by atoms with E-state index in [4.69, 9.17) is 0 Å². The highest BCUT2D eigenvalue weighted by Crippen LogP contribution is 2.54. The zero-order valence-electron chi connectivity index (χ0n) is 26.0. The predicted molar refractivity (Wildman–Crippen MR) is 159 cm³/mol. The summed E-state index contributed by atoms with van der Waals surface area (Å²) in [4.78, 5) is 2.55. The van der Waals surface area contributed by atoms with Gasteiger partial charge in [-0.1, -0.05) is 30.3 Å². The second kappa shape index (κ2) is 14.0. The molecule has 274 valence electrons. The van der Waals surface area contributed by atoms with Crippen LogP contribution in [0.2, 0.25) is 0 Å². The number of likely N-dealkylation sites (tertiary alicyclic amines) is 1. The Balaban J connectivity index is 1.58. The summed E-state index contributed by atoms with van der Waals surface area (Å²) in [7, 11) is -4.59. The number of halogens is 9. The third kappa shape index (κ3) is 6.73. The van der Waals surface area contributed by atoms with Crippen molar-refractivity contribution in [1.29, 1.82) is 0 Å². The van der Waals surface area contributed by atoms with Gasteiger partial charge >= 0.3 is 12.4 Å². The van der Waals surface area contributed by atoms with Crippen LogP contribution in [0.4, 0.5) is 39.5 Å². The average molecular weight is 742 g/mol. The first kappa shape index (κ1) is 38.0. The first-order valence-electron chi connectivity index (χ1n) is 15.2. The number of rotatable bonds is 10. The van der Waals surface area contributed by atoms with E-state index in [0.29, 0.717) is 37.4 Å². The summed E-state index contributed by atoms with van der Waals surface area (Å²) in [5.74, 6) is -3.65. The van der Waals surface area contributed by atoms with Crippen LogP contribution in [-0.4, -0.2) is 92.5 Å². The summed E-state index contributed by atoms with van der Waals surface area (Å²) in [5, 5.41) is 23.8. The van der Waals surface area contributed by atoms with Crippen molar-refractivity contribution in [1.82, 2.24) is 15.1 Å². The number of ether oxygens (including phenoxy) is 1.